The molecule has 0 aliphatic carbocycles. The second-order valence-electron chi connectivity index (χ2n) is 10.3. The second-order valence-corrected chi connectivity index (χ2v) is 10.3. The Morgan fingerprint density at radius 2 is 1.27 bits per heavy atom. The van der Waals surface area contributed by atoms with E-state index in [0.717, 1.165) is 0 Å². The Balaban J connectivity index is 2.23. The van der Waals surface area contributed by atoms with Gasteiger partial charge in [0.2, 0.25) is 17.7 Å². The van der Waals surface area contributed by atoms with Gasteiger partial charge in [-0.1, -0.05) is 56.3 Å². The molecule has 12 nitrogen and oxygen atoms in total. The van der Waals surface area contributed by atoms with E-state index in [0.29, 0.717) is 11.1 Å². The van der Waals surface area contributed by atoms with Gasteiger partial charge in [-0.25, -0.2) is 4.79 Å². The molecule has 0 aliphatic rings. The number of hydrogen-bond acceptors (Lipinski definition) is 7. The van der Waals surface area contributed by atoms with Gasteiger partial charge < -0.3 is 37.0 Å². The van der Waals surface area contributed by atoms with Crippen molar-refractivity contribution in [2.45, 2.75) is 70.1 Å². The molecule has 4 atom stereocenters. The van der Waals surface area contributed by atoms with Gasteiger partial charge in [-0.15, -0.1) is 0 Å². The van der Waals surface area contributed by atoms with Gasteiger partial charge in [0, 0.05) is 12.8 Å². The highest BCUT2D eigenvalue weighted by atomic mass is 16.4. The average Bonchev–Trinajstić information content (AvgIpc) is 2.91. The molecule has 0 bridgehead atoms. The first kappa shape index (κ1) is 32.8. The summed E-state index contributed by atoms with van der Waals surface area (Å²) < 4.78 is 0. The van der Waals surface area contributed by atoms with Gasteiger partial charge in [0.15, 0.2) is 0 Å². The van der Waals surface area contributed by atoms with Crippen LogP contribution in [0.15, 0.2) is 54.6 Å². The molecule has 0 fully saturated rings. The number of aromatic hydroxyl groups is 1. The van der Waals surface area contributed by atoms with Crippen molar-refractivity contribution in [2.75, 3.05) is 0 Å². The predicted molar refractivity (Wildman–Crippen MR) is 150 cm³/mol. The quantitative estimate of drug-likeness (QED) is 0.153. The lowest BCUT2D eigenvalue weighted by Gasteiger charge is -2.25. The highest BCUT2D eigenvalue weighted by molar-refractivity contribution is 5.94. The fraction of sp³-hybridized carbons (Fsp3) is 0.414. The summed E-state index contributed by atoms with van der Waals surface area (Å²) in [5, 5.41) is 35.6. The Hall–Kier alpha value is -4.45. The van der Waals surface area contributed by atoms with Crippen LogP contribution in [0, 0.1) is 5.92 Å². The molecule has 2 aromatic rings. The number of amides is 3. The van der Waals surface area contributed by atoms with E-state index in [2.05, 4.69) is 16.0 Å². The van der Waals surface area contributed by atoms with Crippen molar-refractivity contribution in [1.82, 2.24) is 16.0 Å². The summed E-state index contributed by atoms with van der Waals surface area (Å²) in [5.41, 5.74) is 7.48. The maximum atomic E-state index is 13.4. The lowest BCUT2D eigenvalue weighted by atomic mass is 10.0. The van der Waals surface area contributed by atoms with Crippen LogP contribution in [0.5, 0.6) is 5.75 Å². The number of carbonyl (C=O) groups is 5. The van der Waals surface area contributed by atoms with E-state index in [4.69, 9.17) is 10.8 Å². The number of rotatable bonds is 16. The van der Waals surface area contributed by atoms with Gasteiger partial charge >= 0.3 is 11.9 Å². The van der Waals surface area contributed by atoms with Crippen molar-refractivity contribution in [1.29, 1.82) is 0 Å². The molecular weight excluding hydrogens is 532 g/mol. The molecule has 0 saturated carbocycles. The molecule has 0 saturated heterocycles. The molecule has 222 valence electrons. The van der Waals surface area contributed by atoms with E-state index in [-0.39, 0.29) is 37.4 Å². The van der Waals surface area contributed by atoms with Crippen molar-refractivity contribution in [2.24, 2.45) is 11.7 Å². The molecule has 41 heavy (non-hydrogen) atoms. The van der Waals surface area contributed by atoms with Crippen LogP contribution in [0.2, 0.25) is 0 Å². The lowest BCUT2D eigenvalue weighted by Crippen LogP contribution is -2.58. The first-order valence-corrected chi connectivity index (χ1v) is 13.3. The summed E-state index contributed by atoms with van der Waals surface area (Å²) in [6.45, 7) is 3.57. The normalized spacial score (nSPS) is 13.9. The number of carboxylic acids is 2. The third-order valence-corrected chi connectivity index (χ3v) is 6.25. The molecule has 0 spiro atoms. The van der Waals surface area contributed by atoms with E-state index in [1.54, 1.807) is 56.3 Å². The van der Waals surface area contributed by atoms with Gasteiger partial charge in [0.25, 0.3) is 0 Å². The summed E-state index contributed by atoms with van der Waals surface area (Å²) in [7, 11) is 0. The lowest BCUT2D eigenvalue weighted by molar-refractivity contribution is -0.143. The number of hydrogen-bond donors (Lipinski definition) is 7. The van der Waals surface area contributed by atoms with Crippen molar-refractivity contribution >= 4 is 29.7 Å². The van der Waals surface area contributed by atoms with E-state index < -0.39 is 60.2 Å². The fourth-order valence-electron chi connectivity index (χ4n) is 4.09. The monoisotopic (exact) mass is 570 g/mol. The Bertz CT molecular complexity index is 1190. The van der Waals surface area contributed by atoms with Gasteiger partial charge in [-0.2, -0.15) is 0 Å². The fourth-order valence-corrected chi connectivity index (χ4v) is 4.09. The molecule has 8 N–H and O–H groups in total. The van der Waals surface area contributed by atoms with E-state index in [1.165, 1.54) is 12.1 Å². The van der Waals surface area contributed by atoms with Gasteiger partial charge in [-0.05, 0) is 48.4 Å². The minimum atomic E-state index is -1.37. The minimum absolute atomic E-state index is 0.0444. The number of phenolic OH excluding ortho intramolecular Hbond substituents is 1. The van der Waals surface area contributed by atoms with Crippen LogP contribution in [-0.2, 0) is 36.8 Å². The summed E-state index contributed by atoms with van der Waals surface area (Å²) in [4.78, 5) is 62.3. The molecule has 4 unspecified atom stereocenters. The van der Waals surface area contributed by atoms with Crippen molar-refractivity contribution in [3.05, 3.63) is 65.7 Å². The number of nitrogens with one attached hydrogen (secondary N) is 3. The smallest absolute Gasteiger partial charge is 0.326 e. The van der Waals surface area contributed by atoms with E-state index >= 15 is 0 Å². The van der Waals surface area contributed by atoms with Gasteiger partial charge in [-0.3, -0.25) is 19.2 Å². The van der Waals surface area contributed by atoms with Gasteiger partial charge in [0.1, 0.15) is 23.9 Å². The van der Waals surface area contributed by atoms with Crippen LogP contribution in [0.3, 0.4) is 0 Å². The Morgan fingerprint density at radius 3 is 1.83 bits per heavy atom. The SMILES string of the molecule is CC(C)CC(NC(=O)C(CCC(=O)O)NC(=O)C(Cc1ccccc1)NC(=O)C(N)Cc1ccc(O)cc1)C(=O)O. The van der Waals surface area contributed by atoms with E-state index in [1.807, 2.05) is 0 Å². The molecule has 0 heterocycles. The van der Waals surface area contributed by atoms with Crippen LogP contribution < -0.4 is 21.7 Å². The van der Waals surface area contributed by atoms with Crippen LogP contribution in [-0.4, -0.2) is 69.1 Å². The van der Waals surface area contributed by atoms with Crippen molar-refractivity contribution < 1.29 is 39.3 Å². The summed E-state index contributed by atoms with van der Waals surface area (Å²) in [6, 6.07) is 10.1. The highest BCUT2D eigenvalue weighted by Crippen LogP contribution is 2.12. The highest BCUT2D eigenvalue weighted by Gasteiger charge is 2.31. The summed E-state index contributed by atoms with van der Waals surface area (Å²) in [5.74, 6) is -4.70. The number of benzene rings is 2. The molecular formula is C29H38N4O8. The summed E-state index contributed by atoms with van der Waals surface area (Å²) >= 11 is 0. The number of carboxylic acid groups (broad SMARTS) is 2. The zero-order chi connectivity index (χ0) is 30.5. The Labute approximate surface area is 238 Å². The first-order valence-electron chi connectivity index (χ1n) is 13.3. The van der Waals surface area contributed by atoms with Crippen LogP contribution >= 0.6 is 0 Å². The molecule has 12 heteroatoms. The molecule has 0 radical (unpaired) electrons. The van der Waals surface area contributed by atoms with Gasteiger partial charge in [0.05, 0.1) is 6.04 Å². The van der Waals surface area contributed by atoms with Crippen molar-refractivity contribution in [3.63, 3.8) is 0 Å². The van der Waals surface area contributed by atoms with Crippen LogP contribution in [0.25, 0.3) is 0 Å². The maximum absolute atomic E-state index is 13.4. The third-order valence-electron chi connectivity index (χ3n) is 6.25. The number of phenols is 1. The molecule has 2 rings (SSSR count). The van der Waals surface area contributed by atoms with Crippen LogP contribution in [0.4, 0.5) is 0 Å². The van der Waals surface area contributed by atoms with Crippen LogP contribution in [0.1, 0.15) is 44.2 Å². The number of aliphatic carboxylic acids is 2. The zero-order valence-electron chi connectivity index (χ0n) is 23.1. The van der Waals surface area contributed by atoms with E-state index in [9.17, 15) is 34.2 Å². The maximum Gasteiger partial charge on any atom is 0.326 e. The largest absolute Gasteiger partial charge is 0.508 e. The average molecular weight is 571 g/mol. The molecule has 0 aliphatic heterocycles. The molecule has 0 aromatic heterocycles. The first-order chi connectivity index (χ1) is 19.3. The number of carbonyl (C=O) groups excluding carboxylic acids is 3. The summed E-state index contributed by atoms with van der Waals surface area (Å²) in [6.07, 6.45) is -0.461. The van der Waals surface area contributed by atoms with Crippen molar-refractivity contribution in [3.8, 4) is 5.75 Å². The second kappa shape index (κ2) is 16.0. The predicted octanol–water partition coefficient (Wildman–Crippen LogP) is 0.955. The zero-order valence-corrected chi connectivity index (χ0v) is 23.1. The standard InChI is InChI=1S/C29H38N4O8/c1-17(2)14-24(29(40)41)33-27(38)22(12-13-25(35)36)31-28(39)23(16-18-6-4-3-5-7-18)32-26(37)21(30)15-19-8-10-20(34)11-9-19/h3-11,17,21-24,34H,12-16,30H2,1-2H3,(H,31,39)(H,32,37)(H,33,38)(H,35,36)(H,40,41). The Morgan fingerprint density at radius 1 is 0.732 bits per heavy atom. The minimum Gasteiger partial charge on any atom is -0.508 e. The molecule has 3 amide bonds. The Kier molecular flexibility index (Phi) is 12.8. The topological polar surface area (TPSA) is 208 Å². The third kappa shape index (κ3) is 11.7. The number of nitrogens with two attached hydrogens (primary N) is 1. The molecule has 2 aromatic carbocycles.